The van der Waals surface area contributed by atoms with Crippen LogP contribution < -0.4 is 14.8 Å². The molecule has 2 amide bonds. The number of rotatable bonds is 4. The van der Waals surface area contributed by atoms with Crippen LogP contribution in [-0.4, -0.2) is 61.9 Å². The lowest BCUT2D eigenvalue weighted by Crippen LogP contribution is -2.46. The van der Waals surface area contributed by atoms with Gasteiger partial charge in [-0.3, -0.25) is 4.79 Å². The number of amides is 2. The van der Waals surface area contributed by atoms with E-state index in [1.165, 1.54) is 0 Å². The van der Waals surface area contributed by atoms with Crippen molar-refractivity contribution in [1.29, 1.82) is 0 Å². The Morgan fingerprint density at radius 1 is 1.11 bits per heavy atom. The summed E-state index contributed by atoms with van der Waals surface area (Å²) in [4.78, 5) is 38.2. The van der Waals surface area contributed by atoms with Crippen LogP contribution in [0.15, 0.2) is 36.4 Å². The Bertz CT molecular complexity index is 1240. The van der Waals surface area contributed by atoms with Crippen LogP contribution in [0.4, 0.5) is 4.79 Å². The van der Waals surface area contributed by atoms with Crippen LogP contribution in [0.25, 0.3) is 0 Å². The van der Waals surface area contributed by atoms with E-state index >= 15 is 0 Å². The summed E-state index contributed by atoms with van der Waals surface area (Å²) in [6, 6.07) is 11.7. The SMILES string of the molecule is CC(C)(C)OC(=O)NCc1ccc2c(c1)C1(CCN(C(=O)c3ccc4c(c3)C([Si](C)(C)O)CO4)CC1)CO2. The average molecular weight is 539 g/mol. The van der Waals surface area contributed by atoms with Crippen LogP contribution in [-0.2, 0) is 16.7 Å². The molecule has 3 aliphatic heterocycles. The second-order valence-electron chi connectivity index (χ2n) is 12.3. The van der Waals surface area contributed by atoms with E-state index < -0.39 is 20.0 Å². The van der Waals surface area contributed by atoms with E-state index in [9.17, 15) is 14.4 Å². The Balaban J connectivity index is 1.25. The van der Waals surface area contributed by atoms with Crippen molar-refractivity contribution in [2.45, 2.75) is 69.8 Å². The van der Waals surface area contributed by atoms with Gasteiger partial charge in [-0.1, -0.05) is 6.07 Å². The van der Waals surface area contributed by atoms with Gasteiger partial charge in [0.15, 0.2) is 8.32 Å². The van der Waals surface area contributed by atoms with Crippen LogP contribution in [0.1, 0.15) is 66.2 Å². The fraction of sp³-hybridized carbons (Fsp3) is 0.517. The number of benzene rings is 2. The first-order valence-corrected chi connectivity index (χ1v) is 16.4. The molecule has 2 N–H and O–H groups in total. The third-order valence-electron chi connectivity index (χ3n) is 7.85. The van der Waals surface area contributed by atoms with Crippen molar-refractivity contribution in [2.75, 3.05) is 26.3 Å². The van der Waals surface area contributed by atoms with E-state index in [2.05, 4.69) is 11.4 Å². The number of piperidine rings is 1. The fourth-order valence-corrected chi connectivity index (χ4v) is 7.15. The Morgan fingerprint density at radius 2 is 1.82 bits per heavy atom. The number of alkyl carbamates (subject to hydrolysis) is 1. The molecule has 204 valence electrons. The summed E-state index contributed by atoms with van der Waals surface area (Å²) >= 11 is 0. The first kappa shape index (κ1) is 26.6. The monoisotopic (exact) mass is 538 g/mol. The Kier molecular flexibility index (Phi) is 6.72. The number of likely N-dealkylation sites (tertiary alicyclic amines) is 1. The van der Waals surface area contributed by atoms with E-state index in [0.717, 1.165) is 41.0 Å². The quantitative estimate of drug-likeness (QED) is 0.557. The maximum Gasteiger partial charge on any atom is 0.407 e. The van der Waals surface area contributed by atoms with Crippen molar-refractivity contribution in [3.05, 3.63) is 58.7 Å². The highest BCUT2D eigenvalue weighted by Gasteiger charge is 2.44. The molecule has 38 heavy (non-hydrogen) atoms. The number of carbonyl (C=O) groups excluding carboxylic acids is 2. The van der Waals surface area contributed by atoms with Crippen molar-refractivity contribution in [3.63, 3.8) is 0 Å². The second kappa shape index (κ2) is 9.61. The average Bonchev–Trinajstić information content (AvgIpc) is 3.43. The molecule has 1 atom stereocenters. The van der Waals surface area contributed by atoms with Gasteiger partial charge in [0.2, 0.25) is 0 Å². The first-order valence-electron chi connectivity index (χ1n) is 13.4. The van der Waals surface area contributed by atoms with Gasteiger partial charge in [0, 0.05) is 47.3 Å². The molecule has 9 heteroatoms. The van der Waals surface area contributed by atoms with Crippen LogP contribution in [0.3, 0.4) is 0 Å². The topological polar surface area (TPSA) is 97.3 Å². The van der Waals surface area contributed by atoms with Crippen LogP contribution in [0.2, 0.25) is 13.1 Å². The Hall–Kier alpha value is -3.04. The third kappa shape index (κ3) is 5.26. The summed E-state index contributed by atoms with van der Waals surface area (Å²) in [7, 11) is -2.45. The summed E-state index contributed by atoms with van der Waals surface area (Å²) in [5.41, 5.74) is 3.03. The van der Waals surface area contributed by atoms with E-state index in [0.29, 0.717) is 38.4 Å². The Labute approximate surface area is 225 Å². The lowest BCUT2D eigenvalue weighted by Gasteiger charge is -2.38. The van der Waals surface area contributed by atoms with Gasteiger partial charge in [-0.25, -0.2) is 4.79 Å². The number of fused-ring (bicyclic) bond motifs is 3. The molecular formula is C29H38N2O6Si. The number of ether oxygens (including phenoxy) is 3. The van der Waals surface area contributed by atoms with Crippen molar-refractivity contribution >= 4 is 20.3 Å². The predicted molar refractivity (Wildman–Crippen MR) is 146 cm³/mol. The number of carbonyl (C=O) groups is 2. The van der Waals surface area contributed by atoms with E-state index in [1.54, 1.807) is 0 Å². The molecule has 1 unspecified atom stereocenters. The maximum absolute atomic E-state index is 13.5. The largest absolute Gasteiger partial charge is 0.493 e. The molecule has 8 nitrogen and oxygen atoms in total. The van der Waals surface area contributed by atoms with Gasteiger partial charge >= 0.3 is 6.09 Å². The highest BCUT2D eigenvalue weighted by molar-refractivity contribution is 6.71. The van der Waals surface area contributed by atoms with E-state index in [1.807, 2.05) is 69.1 Å². The molecule has 1 fully saturated rings. The summed E-state index contributed by atoms with van der Waals surface area (Å²) in [6.45, 7) is 12.1. The molecule has 0 bridgehead atoms. The molecule has 1 spiro atoms. The van der Waals surface area contributed by atoms with Crippen LogP contribution in [0.5, 0.6) is 11.5 Å². The first-order chi connectivity index (χ1) is 17.8. The molecule has 0 saturated carbocycles. The number of hydrogen-bond acceptors (Lipinski definition) is 6. The lowest BCUT2D eigenvalue weighted by atomic mass is 9.74. The van der Waals surface area contributed by atoms with E-state index in [-0.39, 0.29) is 16.9 Å². The minimum atomic E-state index is -2.45. The van der Waals surface area contributed by atoms with Gasteiger partial charge in [-0.2, -0.15) is 0 Å². The summed E-state index contributed by atoms with van der Waals surface area (Å²) in [6.07, 6.45) is 1.18. The fourth-order valence-electron chi connectivity index (χ4n) is 5.68. The van der Waals surface area contributed by atoms with Crippen molar-refractivity contribution in [2.24, 2.45) is 0 Å². The number of hydrogen-bond donors (Lipinski definition) is 2. The van der Waals surface area contributed by atoms with Gasteiger partial charge in [-0.15, -0.1) is 0 Å². The maximum atomic E-state index is 13.5. The van der Waals surface area contributed by atoms with Crippen molar-refractivity contribution in [3.8, 4) is 11.5 Å². The molecule has 5 rings (SSSR count). The molecule has 1 saturated heterocycles. The smallest absolute Gasteiger partial charge is 0.407 e. The normalized spacial score (nSPS) is 19.8. The minimum absolute atomic E-state index is 0.0140. The molecule has 2 aromatic rings. The molecule has 0 aliphatic carbocycles. The van der Waals surface area contributed by atoms with Gasteiger partial charge in [0.25, 0.3) is 5.91 Å². The lowest BCUT2D eigenvalue weighted by molar-refractivity contribution is 0.0523. The molecule has 3 aliphatic rings. The Morgan fingerprint density at radius 3 is 2.50 bits per heavy atom. The third-order valence-corrected chi connectivity index (χ3v) is 10.0. The van der Waals surface area contributed by atoms with Gasteiger partial charge in [0.1, 0.15) is 17.1 Å². The second-order valence-corrected chi connectivity index (χ2v) is 16.3. The van der Waals surface area contributed by atoms with Crippen LogP contribution >= 0.6 is 0 Å². The summed E-state index contributed by atoms with van der Waals surface area (Å²) in [5, 5.41) is 2.83. The zero-order valence-corrected chi connectivity index (χ0v) is 23.9. The molecular weight excluding hydrogens is 500 g/mol. The zero-order valence-electron chi connectivity index (χ0n) is 22.9. The summed E-state index contributed by atoms with van der Waals surface area (Å²) < 4.78 is 17.2. The van der Waals surface area contributed by atoms with Crippen LogP contribution in [0, 0.1) is 0 Å². The minimum Gasteiger partial charge on any atom is -0.493 e. The molecule has 2 aromatic carbocycles. The van der Waals surface area contributed by atoms with Gasteiger partial charge in [0.05, 0.1) is 13.2 Å². The van der Waals surface area contributed by atoms with Crippen molar-refractivity contribution in [1.82, 2.24) is 10.2 Å². The molecule has 3 heterocycles. The summed E-state index contributed by atoms with van der Waals surface area (Å²) in [5.74, 6) is 1.67. The highest BCUT2D eigenvalue weighted by Crippen LogP contribution is 2.46. The van der Waals surface area contributed by atoms with Gasteiger partial charge in [-0.05, 0) is 82.6 Å². The van der Waals surface area contributed by atoms with Crippen molar-refractivity contribution < 1.29 is 28.6 Å². The number of nitrogens with one attached hydrogen (secondary N) is 1. The highest BCUT2D eigenvalue weighted by atomic mass is 28.4. The molecule has 0 radical (unpaired) electrons. The number of nitrogens with zero attached hydrogens (tertiary/aromatic N) is 1. The molecule has 0 aromatic heterocycles. The predicted octanol–water partition coefficient (Wildman–Crippen LogP) is 4.49. The standard InChI is InChI=1S/C29H38N2O6Si/c1-28(2,3)37-27(33)30-16-19-6-8-24-22(14-19)29(18-36-24)10-12-31(13-11-29)26(32)20-7-9-23-21(15-20)25(17-35-23)38(4,5)34/h6-9,14-15,25,34H,10-13,16-18H2,1-5H3,(H,30,33). The zero-order chi connectivity index (χ0) is 27.3. The van der Waals surface area contributed by atoms with Gasteiger partial charge < -0.3 is 29.2 Å². The van der Waals surface area contributed by atoms with E-state index in [4.69, 9.17) is 14.2 Å².